The van der Waals surface area contributed by atoms with Gasteiger partial charge in [0.05, 0.1) is 16.8 Å². The molecule has 3 aromatic rings. The predicted molar refractivity (Wildman–Crippen MR) is 93.3 cm³/mol. The number of rotatable bonds is 1. The number of aromatic amines is 1. The molecule has 6 heteroatoms. The molecule has 2 unspecified atom stereocenters. The van der Waals surface area contributed by atoms with Crippen molar-refractivity contribution in [2.24, 2.45) is 0 Å². The van der Waals surface area contributed by atoms with Crippen molar-refractivity contribution < 1.29 is 4.39 Å². The maximum atomic E-state index is 14.0. The maximum absolute atomic E-state index is 14.0. The Balaban J connectivity index is 1.64. The zero-order valence-electron chi connectivity index (χ0n) is 13.4. The molecule has 126 valence electrons. The van der Waals surface area contributed by atoms with Crippen LogP contribution in [0, 0.1) is 5.82 Å². The highest BCUT2D eigenvalue weighted by Crippen LogP contribution is 2.41. The second-order valence-electron chi connectivity index (χ2n) is 6.65. The normalized spacial score (nSPS) is 21.4. The summed E-state index contributed by atoms with van der Waals surface area (Å²) in [6.07, 6.45) is 5.76. The van der Waals surface area contributed by atoms with Gasteiger partial charge in [-0.2, -0.15) is 10.2 Å². The Morgan fingerprint density at radius 2 is 2.04 bits per heavy atom. The number of H-pyrrole nitrogens is 1. The fourth-order valence-electron chi connectivity index (χ4n) is 4.11. The smallest absolute Gasteiger partial charge is 0.142 e. The monoisotopic (exact) mass is 354 g/mol. The second-order valence-corrected chi connectivity index (χ2v) is 7.06. The van der Waals surface area contributed by atoms with E-state index in [0.29, 0.717) is 6.54 Å². The van der Waals surface area contributed by atoms with E-state index in [1.54, 1.807) is 12.3 Å². The lowest BCUT2D eigenvalue weighted by molar-refractivity contribution is 0.510. The third-order valence-electron chi connectivity index (χ3n) is 5.32. The molecule has 2 aliphatic rings. The number of halogens is 2. The first-order valence-corrected chi connectivity index (χ1v) is 8.79. The molecule has 1 aromatic carbocycles. The zero-order chi connectivity index (χ0) is 17.0. The molecule has 5 rings (SSSR count). The molecular weight excluding hydrogens is 339 g/mol. The third kappa shape index (κ3) is 2.30. The van der Waals surface area contributed by atoms with Gasteiger partial charge in [-0.3, -0.25) is 0 Å². The highest BCUT2D eigenvalue weighted by atomic mass is 35.5. The van der Waals surface area contributed by atoms with Crippen LogP contribution in [0.2, 0.25) is 5.02 Å². The van der Waals surface area contributed by atoms with Crippen LogP contribution < -0.4 is 5.32 Å². The molecule has 4 nitrogen and oxygen atoms in total. The highest BCUT2D eigenvalue weighted by molar-refractivity contribution is 6.30. The van der Waals surface area contributed by atoms with E-state index in [-0.39, 0.29) is 22.8 Å². The first-order valence-electron chi connectivity index (χ1n) is 8.41. The lowest BCUT2D eigenvalue weighted by atomic mass is 9.85. The molecule has 1 aliphatic carbocycles. The summed E-state index contributed by atoms with van der Waals surface area (Å²) in [6.45, 7) is 0.703. The molecule has 3 heterocycles. The Bertz CT molecular complexity index is 968. The summed E-state index contributed by atoms with van der Waals surface area (Å²) in [5.74, 6) is -0.319. The summed E-state index contributed by atoms with van der Waals surface area (Å²) in [5, 5.41) is 12.2. The van der Waals surface area contributed by atoms with Gasteiger partial charge in [0.2, 0.25) is 0 Å². The van der Waals surface area contributed by atoms with E-state index < -0.39 is 0 Å². The summed E-state index contributed by atoms with van der Waals surface area (Å²) in [5.41, 5.74) is 6.84. The van der Waals surface area contributed by atoms with Crippen LogP contribution in [0.15, 0.2) is 36.7 Å². The van der Waals surface area contributed by atoms with Gasteiger partial charge in [0.25, 0.3) is 0 Å². The minimum absolute atomic E-state index is 0.0378. The largest absolute Gasteiger partial charge is 0.364 e. The van der Waals surface area contributed by atoms with E-state index in [2.05, 4.69) is 32.8 Å². The number of hydrogen-bond acceptors (Lipinski definition) is 3. The number of benzene rings is 1. The van der Waals surface area contributed by atoms with E-state index in [9.17, 15) is 4.39 Å². The number of aryl methyl sites for hydroxylation is 2. The van der Waals surface area contributed by atoms with Crippen LogP contribution in [0.5, 0.6) is 0 Å². The topological polar surface area (TPSA) is 53.6 Å². The minimum atomic E-state index is -0.379. The quantitative estimate of drug-likeness (QED) is 0.703. The minimum Gasteiger partial charge on any atom is -0.364 e. The first-order chi connectivity index (χ1) is 12.2. The van der Waals surface area contributed by atoms with Crippen LogP contribution in [-0.4, -0.2) is 21.7 Å². The molecule has 0 amide bonds. The van der Waals surface area contributed by atoms with Gasteiger partial charge in [0, 0.05) is 30.6 Å². The Morgan fingerprint density at radius 1 is 1.16 bits per heavy atom. The second kappa shape index (κ2) is 5.64. The number of fused-ring (bicyclic) bond motifs is 2. The molecule has 0 spiro atoms. The number of nitrogens with one attached hydrogen (secondary N) is 2. The fourth-order valence-corrected chi connectivity index (χ4v) is 4.23. The Morgan fingerprint density at radius 3 is 2.92 bits per heavy atom. The number of nitrogens with zero attached hydrogens (tertiary/aromatic N) is 2. The molecule has 2 aromatic heterocycles. The fraction of sp³-hybridized carbons (Fsp3) is 0.263. The van der Waals surface area contributed by atoms with E-state index in [1.807, 2.05) is 6.07 Å². The lowest BCUT2D eigenvalue weighted by Gasteiger charge is -2.31. The van der Waals surface area contributed by atoms with Crippen LogP contribution in [-0.2, 0) is 12.8 Å². The van der Waals surface area contributed by atoms with Crippen molar-refractivity contribution in [1.29, 1.82) is 0 Å². The predicted octanol–water partition coefficient (Wildman–Crippen LogP) is 3.52. The van der Waals surface area contributed by atoms with E-state index in [0.717, 1.165) is 29.8 Å². The summed E-state index contributed by atoms with van der Waals surface area (Å²) in [7, 11) is 0. The summed E-state index contributed by atoms with van der Waals surface area (Å²) >= 11 is 5.84. The molecule has 25 heavy (non-hydrogen) atoms. The van der Waals surface area contributed by atoms with Crippen LogP contribution in [0.4, 0.5) is 4.39 Å². The van der Waals surface area contributed by atoms with Crippen molar-refractivity contribution >= 4 is 11.6 Å². The van der Waals surface area contributed by atoms with Crippen molar-refractivity contribution in [2.75, 3.05) is 6.54 Å². The van der Waals surface area contributed by atoms with Gasteiger partial charge < -0.3 is 10.3 Å². The van der Waals surface area contributed by atoms with Crippen LogP contribution in [0.1, 0.15) is 45.6 Å². The summed E-state index contributed by atoms with van der Waals surface area (Å²) in [4.78, 5) is 3.45. The van der Waals surface area contributed by atoms with Crippen LogP contribution >= 0.6 is 11.6 Å². The molecule has 0 saturated carbocycles. The summed E-state index contributed by atoms with van der Waals surface area (Å²) in [6, 6.07) is 7.15. The van der Waals surface area contributed by atoms with Gasteiger partial charge in [-0.15, -0.1) is 0 Å². The molecule has 2 atom stereocenters. The Hall–Kier alpha value is -2.24. The van der Waals surface area contributed by atoms with Gasteiger partial charge >= 0.3 is 0 Å². The lowest BCUT2D eigenvalue weighted by Crippen LogP contribution is -2.35. The standard InChI is InChI=1S/C19H16ClFN4/c20-14-4-3-11(7-15(14)21)13-9-23-19-16-12(8-22-18(13)16)2-1-10-5-6-24-25-17(10)19/h3-8,13,19,22-23H,1-2,9H2. The van der Waals surface area contributed by atoms with Gasteiger partial charge in [-0.25, -0.2) is 4.39 Å². The van der Waals surface area contributed by atoms with Gasteiger partial charge in [-0.1, -0.05) is 17.7 Å². The van der Waals surface area contributed by atoms with Crippen molar-refractivity contribution in [3.05, 3.63) is 81.1 Å². The Kier molecular flexibility index (Phi) is 3.40. The van der Waals surface area contributed by atoms with E-state index in [1.165, 1.54) is 22.8 Å². The van der Waals surface area contributed by atoms with E-state index >= 15 is 0 Å². The zero-order valence-corrected chi connectivity index (χ0v) is 14.1. The number of aromatic nitrogens is 3. The van der Waals surface area contributed by atoms with Gasteiger partial charge in [0.1, 0.15) is 5.82 Å². The average molecular weight is 355 g/mol. The summed E-state index contributed by atoms with van der Waals surface area (Å²) < 4.78 is 14.0. The molecule has 0 bridgehead atoms. The third-order valence-corrected chi connectivity index (χ3v) is 5.63. The molecular formula is C19H16ClFN4. The average Bonchev–Trinajstić information content (AvgIpc) is 2.99. The Labute approximate surface area is 149 Å². The van der Waals surface area contributed by atoms with Crippen molar-refractivity contribution in [3.8, 4) is 0 Å². The van der Waals surface area contributed by atoms with Crippen molar-refractivity contribution in [2.45, 2.75) is 24.8 Å². The molecule has 0 radical (unpaired) electrons. The molecule has 2 N–H and O–H groups in total. The van der Waals surface area contributed by atoms with Crippen LogP contribution in [0.25, 0.3) is 0 Å². The van der Waals surface area contributed by atoms with Gasteiger partial charge in [-0.05, 0) is 53.3 Å². The van der Waals surface area contributed by atoms with Gasteiger partial charge in [0.15, 0.2) is 0 Å². The first kappa shape index (κ1) is 15.0. The SMILES string of the molecule is Fc1cc(C2CNC3c4nnccc4CCc4c[nH]c2c43)ccc1Cl. The molecule has 0 saturated heterocycles. The van der Waals surface area contributed by atoms with E-state index in [4.69, 9.17) is 11.6 Å². The van der Waals surface area contributed by atoms with Crippen molar-refractivity contribution in [1.82, 2.24) is 20.5 Å². The highest BCUT2D eigenvalue weighted by Gasteiger charge is 2.35. The maximum Gasteiger partial charge on any atom is 0.142 e. The molecule has 0 fully saturated rings. The molecule has 1 aliphatic heterocycles. The van der Waals surface area contributed by atoms with Crippen LogP contribution in [0.3, 0.4) is 0 Å². The van der Waals surface area contributed by atoms with Crippen molar-refractivity contribution in [3.63, 3.8) is 0 Å². The number of hydrogen-bond donors (Lipinski definition) is 2.